The van der Waals surface area contributed by atoms with Gasteiger partial charge in [0.2, 0.25) is 5.95 Å². The number of para-hydroxylation sites is 1. The van der Waals surface area contributed by atoms with Crippen LogP contribution in [0.5, 0.6) is 0 Å². The van der Waals surface area contributed by atoms with Crippen LogP contribution in [0.25, 0.3) is 5.69 Å². The van der Waals surface area contributed by atoms with Gasteiger partial charge in [0, 0.05) is 24.1 Å². The largest absolute Gasteiger partial charge is 0.353 e. The average Bonchev–Trinajstić information content (AvgIpc) is 2.85. The van der Waals surface area contributed by atoms with Gasteiger partial charge in [0.15, 0.2) is 0 Å². The van der Waals surface area contributed by atoms with Gasteiger partial charge in [-0.05, 0) is 25.0 Å². The molecule has 17 heavy (non-hydrogen) atoms. The van der Waals surface area contributed by atoms with Crippen molar-refractivity contribution in [3.8, 4) is 5.69 Å². The predicted molar refractivity (Wildman–Crippen MR) is 71.6 cm³/mol. The minimum Gasteiger partial charge on any atom is -0.353 e. The van der Waals surface area contributed by atoms with E-state index in [2.05, 4.69) is 40.8 Å². The summed E-state index contributed by atoms with van der Waals surface area (Å²) in [5.74, 6) is 0.921. The molecule has 1 aromatic carbocycles. The van der Waals surface area contributed by atoms with Crippen LogP contribution in [0.2, 0.25) is 0 Å². The van der Waals surface area contributed by atoms with Crippen molar-refractivity contribution in [3.63, 3.8) is 0 Å². The molecular weight excluding hydrogens is 210 g/mol. The van der Waals surface area contributed by atoms with Crippen LogP contribution in [0.4, 0.5) is 5.95 Å². The van der Waals surface area contributed by atoms with Crippen LogP contribution >= 0.6 is 0 Å². The van der Waals surface area contributed by atoms with Crippen LogP contribution in [0.3, 0.4) is 0 Å². The van der Waals surface area contributed by atoms with Crippen molar-refractivity contribution >= 4 is 5.95 Å². The Balaban J connectivity index is 2.23. The molecule has 1 heterocycles. The zero-order valence-electron chi connectivity index (χ0n) is 10.4. The first-order valence-electron chi connectivity index (χ1n) is 6.20. The van der Waals surface area contributed by atoms with Gasteiger partial charge in [-0.2, -0.15) is 0 Å². The number of aromatic nitrogens is 2. The van der Waals surface area contributed by atoms with E-state index < -0.39 is 0 Å². The Kier molecular flexibility index (Phi) is 3.81. The lowest BCUT2D eigenvalue weighted by Gasteiger charge is -2.16. The van der Waals surface area contributed by atoms with Gasteiger partial charge in [0.25, 0.3) is 0 Å². The Hall–Kier alpha value is -1.77. The lowest BCUT2D eigenvalue weighted by Crippen LogP contribution is -2.19. The molecule has 3 nitrogen and oxygen atoms in total. The summed E-state index contributed by atoms with van der Waals surface area (Å²) >= 11 is 0. The van der Waals surface area contributed by atoms with E-state index in [1.165, 1.54) is 0 Å². The van der Waals surface area contributed by atoms with Gasteiger partial charge < -0.3 is 5.32 Å². The molecule has 0 aliphatic rings. The molecular formula is C14H19N3. The molecule has 0 aliphatic heterocycles. The van der Waals surface area contributed by atoms with Crippen molar-refractivity contribution in [2.75, 3.05) is 5.32 Å². The van der Waals surface area contributed by atoms with E-state index in [9.17, 15) is 0 Å². The van der Waals surface area contributed by atoms with Crippen molar-refractivity contribution in [2.45, 2.75) is 32.7 Å². The summed E-state index contributed by atoms with van der Waals surface area (Å²) in [5.41, 5.74) is 1.14. The van der Waals surface area contributed by atoms with E-state index in [1.807, 2.05) is 30.6 Å². The third kappa shape index (κ3) is 2.67. The SMILES string of the molecule is CCC(CC)Nc1nccn1-c1ccccc1. The second-order valence-corrected chi connectivity index (χ2v) is 4.11. The van der Waals surface area contributed by atoms with Crippen molar-refractivity contribution in [3.05, 3.63) is 42.7 Å². The molecule has 2 rings (SSSR count). The van der Waals surface area contributed by atoms with Crippen molar-refractivity contribution < 1.29 is 0 Å². The van der Waals surface area contributed by atoms with Gasteiger partial charge >= 0.3 is 0 Å². The summed E-state index contributed by atoms with van der Waals surface area (Å²) in [6, 6.07) is 10.8. The van der Waals surface area contributed by atoms with Gasteiger partial charge in [-0.15, -0.1) is 0 Å². The smallest absolute Gasteiger partial charge is 0.207 e. The predicted octanol–water partition coefficient (Wildman–Crippen LogP) is 3.47. The molecule has 2 aromatic rings. The first-order valence-corrected chi connectivity index (χ1v) is 6.20. The number of nitrogens with zero attached hydrogens (tertiary/aromatic N) is 2. The van der Waals surface area contributed by atoms with Crippen LogP contribution in [0.15, 0.2) is 42.7 Å². The highest BCUT2D eigenvalue weighted by molar-refractivity contribution is 5.41. The molecule has 0 fully saturated rings. The maximum absolute atomic E-state index is 4.38. The minimum absolute atomic E-state index is 0.486. The van der Waals surface area contributed by atoms with Gasteiger partial charge in [0.1, 0.15) is 0 Å². The summed E-state index contributed by atoms with van der Waals surface area (Å²) in [5, 5.41) is 3.48. The average molecular weight is 229 g/mol. The fourth-order valence-corrected chi connectivity index (χ4v) is 1.88. The fourth-order valence-electron chi connectivity index (χ4n) is 1.88. The highest BCUT2D eigenvalue weighted by atomic mass is 15.2. The third-order valence-electron chi connectivity index (χ3n) is 2.99. The number of imidazole rings is 1. The number of benzene rings is 1. The molecule has 0 radical (unpaired) electrons. The van der Waals surface area contributed by atoms with Gasteiger partial charge in [-0.25, -0.2) is 4.98 Å². The summed E-state index contributed by atoms with van der Waals surface area (Å²) in [7, 11) is 0. The molecule has 0 saturated carbocycles. The first kappa shape index (κ1) is 11.7. The van der Waals surface area contributed by atoms with E-state index in [-0.39, 0.29) is 0 Å². The zero-order chi connectivity index (χ0) is 12.1. The quantitative estimate of drug-likeness (QED) is 0.850. The van der Waals surface area contributed by atoms with E-state index >= 15 is 0 Å². The topological polar surface area (TPSA) is 29.9 Å². The second kappa shape index (κ2) is 5.53. The number of rotatable bonds is 5. The number of hydrogen-bond donors (Lipinski definition) is 1. The first-order chi connectivity index (χ1) is 8.35. The lowest BCUT2D eigenvalue weighted by molar-refractivity contribution is 0.662. The highest BCUT2D eigenvalue weighted by Crippen LogP contribution is 2.15. The Labute approximate surface area is 103 Å². The Morgan fingerprint density at radius 2 is 1.88 bits per heavy atom. The minimum atomic E-state index is 0.486. The molecule has 0 amide bonds. The molecule has 0 spiro atoms. The van der Waals surface area contributed by atoms with Gasteiger partial charge in [0.05, 0.1) is 0 Å². The summed E-state index contributed by atoms with van der Waals surface area (Å²) in [6.07, 6.45) is 6.04. The molecule has 1 N–H and O–H groups in total. The Morgan fingerprint density at radius 1 is 1.18 bits per heavy atom. The molecule has 3 heteroatoms. The monoisotopic (exact) mass is 229 g/mol. The third-order valence-corrected chi connectivity index (χ3v) is 2.99. The summed E-state index contributed by atoms with van der Waals surface area (Å²) in [6.45, 7) is 4.38. The molecule has 0 atom stereocenters. The maximum Gasteiger partial charge on any atom is 0.207 e. The van der Waals surface area contributed by atoms with Crippen LogP contribution < -0.4 is 5.32 Å². The van der Waals surface area contributed by atoms with E-state index in [1.54, 1.807) is 0 Å². The highest BCUT2D eigenvalue weighted by Gasteiger charge is 2.08. The molecule has 0 bridgehead atoms. The molecule has 0 unspecified atom stereocenters. The summed E-state index contributed by atoms with van der Waals surface area (Å²) in [4.78, 5) is 4.38. The van der Waals surface area contributed by atoms with Crippen LogP contribution in [0.1, 0.15) is 26.7 Å². The van der Waals surface area contributed by atoms with Gasteiger partial charge in [-0.3, -0.25) is 4.57 Å². The number of hydrogen-bond acceptors (Lipinski definition) is 2. The second-order valence-electron chi connectivity index (χ2n) is 4.11. The van der Waals surface area contributed by atoms with Crippen LogP contribution in [0, 0.1) is 0 Å². The molecule has 90 valence electrons. The number of nitrogens with one attached hydrogen (secondary N) is 1. The standard InChI is InChI=1S/C14H19N3/c1-3-12(4-2)16-14-15-10-11-17(14)13-8-6-5-7-9-13/h5-12H,3-4H2,1-2H3,(H,15,16). The van der Waals surface area contributed by atoms with Crippen molar-refractivity contribution in [2.24, 2.45) is 0 Å². The maximum atomic E-state index is 4.38. The van der Waals surface area contributed by atoms with E-state index in [0.717, 1.165) is 24.5 Å². The Morgan fingerprint density at radius 3 is 2.53 bits per heavy atom. The van der Waals surface area contributed by atoms with Crippen LogP contribution in [-0.2, 0) is 0 Å². The van der Waals surface area contributed by atoms with E-state index in [0.29, 0.717) is 6.04 Å². The van der Waals surface area contributed by atoms with Crippen molar-refractivity contribution in [1.82, 2.24) is 9.55 Å². The van der Waals surface area contributed by atoms with Crippen LogP contribution in [-0.4, -0.2) is 15.6 Å². The van der Waals surface area contributed by atoms with Crippen molar-refractivity contribution in [1.29, 1.82) is 0 Å². The molecule has 0 saturated heterocycles. The van der Waals surface area contributed by atoms with Gasteiger partial charge in [-0.1, -0.05) is 32.0 Å². The summed E-state index contributed by atoms with van der Waals surface area (Å²) < 4.78 is 2.08. The number of anilines is 1. The lowest BCUT2D eigenvalue weighted by atomic mass is 10.2. The molecule has 1 aromatic heterocycles. The zero-order valence-corrected chi connectivity index (χ0v) is 10.4. The van der Waals surface area contributed by atoms with E-state index in [4.69, 9.17) is 0 Å². The normalized spacial score (nSPS) is 10.8. The fraction of sp³-hybridized carbons (Fsp3) is 0.357. The molecule has 0 aliphatic carbocycles. The Bertz CT molecular complexity index is 444.